The molecule has 4 nitrogen and oxygen atoms in total. The summed E-state index contributed by atoms with van der Waals surface area (Å²) >= 11 is 0. The summed E-state index contributed by atoms with van der Waals surface area (Å²) in [6, 6.07) is -0.262. The maximum atomic E-state index is 11.6. The van der Waals surface area contributed by atoms with Crippen LogP contribution in [0.1, 0.15) is 33.6 Å². The van der Waals surface area contributed by atoms with Crippen molar-refractivity contribution in [1.82, 2.24) is 0 Å². The highest BCUT2D eigenvalue weighted by molar-refractivity contribution is 5.76. The first-order chi connectivity index (χ1) is 6.40. The van der Waals surface area contributed by atoms with Gasteiger partial charge in [0.15, 0.2) is 6.04 Å². The first-order valence-corrected chi connectivity index (χ1v) is 5.22. The molecule has 82 valence electrons. The number of hydrogen-bond acceptors (Lipinski definition) is 3. The zero-order valence-electron chi connectivity index (χ0n) is 9.25. The second kappa shape index (κ2) is 4.28. The maximum absolute atomic E-state index is 11.6. The molecule has 0 aromatic carbocycles. The average Bonchev–Trinajstić information content (AvgIpc) is 2.51. The van der Waals surface area contributed by atoms with Crippen molar-refractivity contribution in [3.63, 3.8) is 0 Å². The molecule has 1 rings (SSSR count). The van der Waals surface area contributed by atoms with Crippen LogP contribution in [-0.2, 0) is 9.53 Å². The van der Waals surface area contributed by atoms with E-state index in [0.717, 1.165) is 19.4 Å². The maximum Gasteiger partial charge on any atom is 0.329 e. The topological polar surface area (TPSA) is 68.9 Å². The van der Waals surface area contributed by atoms with Gasteiger partial charge in [0, 0.05) is 12.8 Å². The third-order valence-corrected chi connectivity index (χ3v) is 2.35. The Labute approximate surface area is 85.2 Å². The Morgan fingerprint density at radius 1 is 1.57 bits per heavy atom. The predicted molar refractivity (Wildman–Crippen MR) is 53.6 cm³/mol. The van der Waals surface area contributed by atoms with Gasteiger partial charge in [-0.05, 0) is 20.8 Å². The van der Waals surface area contributed by atoms with Crippen LogP contribution in [0, 0.1) is 0 Å². The van der Waals surface area contributed by atoms with Crippen LogP contribution < -0.4 is 11.1 Å². The molecule has 4 heteroatoms. The molecule has 0 amide bonds. The molecule has 2 atom stereocenters. The number of nitrogens with two attached hydrogens (primary N) is 2. The van der Waals surface area contributed by atoms with E-state index in [1.165, 1.54) is 0 Å². The van der Waals surface area contributed by atoms with Crippen molar-refractivity contribution < 1.29 is 14.8 Å². The van der Waals surface area contributed by atoms with Gasteiger partial charge in [-0.15, -0.1) is 0 Å². The van der Waals surface area contributed by atoms with Crippen molar-refractivity contribution >= 4 is 5.97 Å². The van der Waals surface area contributed by atoms with Crippen molar-refractivity contribution in [3.05, 3.63) is 0 Å². The molecule has 1 aliphatic rings. The first kappa shape index (κ1) is 11.5. The molecule has 0 spiro atoms. The average molecular weight is 201 g/mol. The Hall–Kier alpha value is -0.610. The van der Waals surface area contributed by atoms with Gasteiger partial charge < -0.3 is 15.8 Å². The summed E-state index contributed by atoms with van der Waals surface area (Å²) in [6.07, 6.45) is 2.15. The van der Waals surface area contributed by atoms with E-state index >= 15 is 0 Å². The van der Waals surface area contributed by atoms with Crippen LogP contribution in [-0.4, -0.2) is 30.2 Å². The molecule has 0 aliphatic carbocycles. The van der Waals surface area contributed by atoms with Gasteiger partial charge in [-0.25, -0.2) is 0 Å². The fraction of sp³-hybridized carbons (Fsp3) is 0.900. The summed E-state index contributed by atoms with van der Waals surface area (Å²) in [6.45, 7) is 6.64. The normalized spacial score (nSPS) is 24.7. The lowest BCUT2D eigenvalue weighted by molar-refractivity contribution is -0.670. The lowest BCUT2D eigenvalue weighted by Crippen LogP contribution is -2.90. The fourth-order valence-electron chi connectivity index (χ4n) is 1.67. The van der Waals surface area contributed by atoms with E-state index in [-0.39, 0.29) is 12.0 Å². The van der Waals surface area contributed by atoms with Crippen molar-refractivity contribution in [2.24, 2.45) is 5.73 Å². The Morgan fingerprint density at radius 3 is 2.64 bits per heavy atom. The Morgan fingerprint density at radius 2 is 2.21 bits per heavy atom. The van der Waals surface area contributed by atoms with E-state index in [9.17, 15) is 4.79 Å². The minimum absolute atomic E-state index is 0.213. The van der Waals surface area contributed by atoms with Crippen LogP contribution in [0.15, 0.2) is 0 Å². The van der Waals surface area contributed by atoms with Gasteiger partial charge in [0.05, 0.1) is 6.54 Å². The van der Waals surface area contributed by atoms with Crippen LogP contribution in [0.3, 0.4) is 0 Å². The number of carbonyl (C=O) groups excluding carboxylic acids is 1. The summed E-state index contributed by atoms with van der Waals surface area (Å²) < 4.78 is 5.23. The van der Waals surface area contributed by atoms with Crippen LogP contribution in [0.25, 0.3) is 0 Å². The molecule has 0 unspecified atom stereocenters. The van der Waals surface area contributed by atoms with Gasteiger partial charge in [0.25, 0.3) is 0 Å². The van der Waals surface area contributed by atoms with Gasteiger partial charge >= 0.3 is 5.97 Å². The van der Waals surface area contributed by atoms with E-state index in [4.69, 9.17) is 10.5 Å². The molecule has 0 radical (unpaired) electrons. The Balaban J connectivity index is 2.43. The van der Waals surface area contributed by atoms with Crippen LogP contribution in [0.5, 0.6) is 0 Å². The molecule has 1 fully saturated rings. The van der Waals surface area contributed by atoms with Gasteiger partial charge in [0.2, 0.25) is 0 Å². The highest BCUT2D eigenvalue weighted by atomic mass is 16.6. The molecular weight excluding hydrogens is 180 g/mol. The summed E-state index contributed by atoms with van der Waals surface area (Å²) in [5, 5.41) is 2.13. The molecular formula is C10H21N2O2+. The van der Waals surface area contributed by atoms with Gasteiger partial charge in [-0.3, -0.25) is 4.79 Å². The zero-order chi connectivity index (χ0) is 10.8. The van der Waals surface area contributed by atoms with Crippen LogP contribution in [0.4, 0.5) is 0 Å². The van der Waals surface area contributed by atoms with Crippen molar-refractivity contribution in [2.45, 2.75) is 51.3 Å². The number of hydrogen-bond donors (Lipinski definition) is 2. The van der Waals surface area contributed by atoms with Crippen molar-refractivity contribution in [1.29, 1.82) is 0 Å². The predicted octanol–water partition coefficient (Wildman–Crippen LogP) is -0.619. The third kappa shape index (κ3) is 3.27. The van der Waals surface area contributed by atoms with E-state index < -0.39 is 11.6 Å². The first-order valence-electron chi connectivity index (χ1n) is 5.22. The quantitative estimate of drug-likeness (QED) is 0.585. The molecule has 1 aliphatic heterocycles. The number of esters is 1. The molecule has 0 aromatic heterocycles. The highest BCUT2D eigenvalue weighted by Crippen LogP contribution is 2.10. The third-order valence-electron chi connectivity index (χ3n) is 2.35. The van der Waals surface area contributed by atoms with Gasteiger partial charge in [-0.2, -0.15) is 0 Å². The summed E-state index contributed by atoms with van der Waals surface area (Å²) in [7, 11) is 0. The number of carbonyl (C=O) groups is 1. The largest absolute Gasteiger partial charge is 0.459 e. The minimum atomic E-state index is -0.475. The second-order valence-corrected chi connectivity index (χ2v) is 4.89. The van der Waals surface area contributed by atoms with E-state index in [1.54, 1.807) is 0 Å². The molecule has 0 saturated carbocycles. The van der Waals surface area contributed by atoms with Gasteiger partial charge in [-0.1, -0.05) is 0 Å². The Bertz CT molecular complexity index is 205. The summed E-state index contributed by atoms with van der Waals surface area (Å²) in [4.78, 5) is 11.6. The zero-order valence-corrected chi connectivity index (χ0v) is 9.25. The van der Waals surface area contributed by atoms with Crippen molar-refractivity contribution in [3.8, 4) is 0 Å². The van der Waals surface area contributed by atoms with Gasteiger partial charge in [0.1, 0.15) is 11.6 Å². The van der Waals surface area contributed by atoms with Crippen LogP contribution >= 0.6 is 0 Å². The smallest absolute Gasteiger partial charge is 0.329 e. The lowest BCUT2D eigenvalue weighted by atomic mass is 10.1. The monoisotopic (exact) mass is 201 g/mol. The van der Waals surface area contributed by atoms with E-state index in [2.05, 4.69) is 5.32 Å². The molecule has 4 N–H and O–H groups in total. The van der Waals surface area contributed by atoms with E-state index in [1.807, 2.05) is 20.8 Å². The second-order valence-electron chi connectivity index (χ2n) is 4.89. The van der Waals surface area contributed by atoms with Crippen molar-refractivity contribution in [2.75, 3.05) is 6.54 Å². The molecule has 1 heterocycles. The number of ether oxygens (including phenoxy) is 1. The highest BCUT2D eigenvalue weighted by Gasteiger charge is 2.33. The summed E-state index contributed by atoms with van der Waals surface area (Å²) in [5.41, 5.74) is 5.39. The molecule has 14 heavy (non-hydrogen) atoms. The molecule has 0 bridgehead atoms. The SMILES string of the molecule is CC(C)(C)OC(=O)[C@H](N)[C@@H]1CCC[NH2+]1. The number of quaternary nitrogens is 1. The minimum Gasteiger partial charge on any atom is -0.459 e. The fourth-order valence-corrected chi connectivity index (χ4v) is 1.67. The van der Waals surface area contributed by atoms with E-state index in [0.29, 0.717) is 0 Å². The Kier molecular flexibility index (Phi) is 3.50. The van der Waals surface area contributed by atoms with Crippen LogP contribution in [0.2, 0.25) is 0 Å². The summed E-state index contributed by atoms with van der Waals surface area (Å²) in [5.74, 6) is -0.277. The molecule has 1 saturated heterocycles. The lowest BCUT2D eigenvalue weighted by Gasteiger charge is -2.23. The standard InChI is InChI=1S/C10H20N2O2/c1-10(2,3)14-9(13)8(11)7-5-4-6-12-7/h7-8,12H,4-6,11H2,1-3H3/p+1/t7-,8+/m0/s1. The number of rotatable bonds is 2. The molecule has 0 aromatic rings.